The van der Waals surface area contributed by atoms with Crippen LogP contribution in [-0.2, 0) is 11.3 Å². The van der Waals surface area contributed by atoms with E-state index in [9.17, 15) is 18.8 Å². The van der Waals surface area contributed by atoms with Crippen molar-refractivity contribution in [2.45, 2.75) is 40.7 Å². The molecule has 5 aromatic rings. The van der Waals surface area contributed by atoms with Crippen molar-refractivity contribution in [3.8, 4) is 17.1 Å². The average Bonchev–Trinajstić information content (AvgIpc) is 3.34. The number of benzene rings is 3. The molecule has 0 spiro atoms. The average molecular weight is 594 g/mol. The maximum absolute atomic E-state index is 14.0. The van der Waals surface area contributed by atoms with Crippen LogP contribution in [-0.4, -0.2) is 44.9 Å². The highest BCUT2D eigenvalue weighted by Crippen LogP contribution is 2.28. The van der Waals surface area contributed by atoms with Crippen LogP contribution >= 0.6 is 0 Å². The number of nitrogens with zero attached hydrogens (tertiary/aromatic N) is 4. The van der Waals surface area contributed by atoms with Gasteiger partial charge in [0.25, 0.3) is 11.5 Å². The van der Waals surface area contributed by atoms with Gasteiger partial charge in [-0.05, 0) is 73.4 Å². The van der Waals surface area contributed by atoms with Gasteiger partial charge in [0, 0.05) is 48.4 Å². The van der Waals surface area contributed by atoms with Gasteiger partial charge in [0.2, 0.25) is 5.91 Å². The molecule has 0 aliphatic heterocycles. The lowest BCUT2D eigenvalue weighted by Gasteiger charge is -2.19. The molecular formula is C35H36FN5O3. The molecule has 0 radical (unpaired) electrons. The van der Waals surface area contributed by atoms with E-state index in [2.05, 4.69) is 10.3 Å². The molecule has 2 heterocycles. The van der Waals surface area contributed by atoms with Gasteiger partial charge in [0.1, 0.15) is 17.3 Å². The van der Waals surface area contributed by atoms with Crippen LogP contribution in [0.3, 0.4) is 0 Å². The first-order valence-corrected chi connectivity index (χ1v) is 14.6. The summed E-state index contributed by atoms with van der Waals surface area (Å²) >= 11 is 0. The maximum atomic E-state index is 14.0. The number of fused-ring (bicyclic) bond motifs is 1. The minimum Gasteiger partial charge on any atom is -0.345 e. The molecule has 1 atom stereocenters. The van der Waals surface area contributed by atoms with Crippen LogP contribution in [0.2, 0.25) is 0 Å². The maximum Gasteiger partial charge on any atom is 0.277 e. The summed E-state index contributed by atoms with van der Waals surface area (Å²) in [6.45, 7) is 7.65. The molecule has 1 N–H and O–H groups in total. The van der Waals surface area contributed by atoms with Gasteiger partial charge in [-0.15, -0.1) is 0 Å². The summed E-state index contributed by atoms with van der Waals surface area (Å²) in [4.78, 5) is 45.8. The second-order valence-electron chi connectivity index (χ2n) is 11.4. The molecule has 0 saturated carbocycles. The molecule has 0 unspecified atom stereocenters. The van der Waals surface area contributed by atoms with Gasteiger partial charge in [-0.2, -0.15) is 0 Å². The lowest BCUT2D eigenvalue weighted by Crippen LogP contribution is -2.30. The Labute approximate surface area is 255 Å². The topological polar surface area (TPSA) is 89.2 Å². The molecule has 0 saturated heterocycles. The Balaban J connectivity index is 1.64. The summed E-state index contributed by atoms with van der Waals surface area (Å²) in [5, 5.41) is 3.58. The molecular weight excluding hydrogens is 557 g/mol. The zero-order chi connectivity index (χ0) is 31.7. The summed E-state index contributed by atoms with van der Waals surface area (Å²) in [7, 11) is 3.38. The number of rotatable bonds is 8. The van der Waals surface area contributed by atoms with Crippen molar-refractivity contribution < 1.29 is 14.0 Å². The Bertz CT molecular complexity index is 1960. The normalized spacial score (nSPS) is 11.9. The molecule has 2 aromatic heterocycles. The molecule has 9 heteroatoms. The predicted octanol–water partition coefficient (Wildman–Crippen LogP) is 6.34. The quantitative estimate of drug-likeness (QED) is 0.227. The number of halogens is 1. The third kappa shape index (κ3) is 5.77. The third-order valence-corrected chi connectivity index (χ3v) is 8.07. The molecule has 2 amide bonds. The van der Waals surface area contributed by atoms with Crippen LogP contribution in [0.1, 0.15) is 47.3 Å². The van der Waals surface area contributed by atoms with Crippen LogP contribution in [0.15, 0.2) is 77.9 Å². The minimum atomic E-state index is -0.404. The van der Waals surface area contributed by atoms with Gasteiger partial charge >= 0.3 is 0 Å². The second kappa shape index (κ2) is 12.3. The third-order valence-electron chi connectivity index (χ3n) is 8.07. The van der Waals surface area contributed by atoms with Gasteiger partial charge in [-0.25, -0.2) is 9.37 Å². The van der Waals surface area contributed by atoms with E-state index in [4.69, 9.17) is 0 Å². The van der Waals surface area contributed by atoms with E-state index < -0.39 is 5.56 Å². The largest absolute Gasteiger partial charge is 0.345 e. The second-order valence-corrected chi connectivity index (χ2v) is 11.4. The Kier molecular flexibility index (Phi) is 8.49. The summed E-state index contributed by atoms with van der Waals surface area (Å²) < 4.78 is 17.5. The van der Waals surface area contributed by atoms with E-state index >= 15 is 0 Å². The zero-order valence-electron chi connectivity index (χ0n) is 25.8. The van der Waals surface area contributed by atoms with Gasteiger partial charge in [-0.3, -0.25) is 19.0 Å². The van der Waals surface area contributed by atoms with Gasteiger partial charge in [0.15, 0.2) is 0 Å². The van der Waals surface area contributed by atoms with Crippen molar-refractivity contribution in [2.75, 3.05) is 19.4 Å². The number of anilines is 1. The number of amides is 2. The van der Waals surface area contributed by atoms with Crippen LogP contribution in [0, 0.1) is 25.6 Å². The van der Waals surface area contributed by atoms with Crippen molar-refractivity contribution in [1.29, 1.82) is 0 Å². The summed E-state index contributed by atoms with van der Waals surface area (Å²) in [5.74, 6) is -0.598. The predicted molar refractivity (Wildman–Crippen MR) is 172 cm³/mol. The van der Waals surface area contributed by atoms with Crippen LogP contribution in [0.4, 0.5) is 10.1 Å². The van der Waals surface area contributed by atoms with Gasteiger partial charge in [-0.1, -0.05) is 38.1 Å². The van der Waals surface area contributed by atoms with Crippen LogP contribution in [0.25, 0.3) is 28.0 Å². The van der Waals surface area contributed by atoms with Gasteiger partial charge in [0.05, 0.1) is 18.3 Å². The van der Waals surface area contributed by atoms with E-state index in [0.717, 1.165) is 27.7 Å². The van der Waals surface area contributed by atoms with E-state index in [1.165, 1.54) is 27.8 Å². The number of nitrogens with one attached hydrogen (secondary N) is 1. The standard InChI is InChI=1S/C35H36FN5O3/c1-7-21(2)33(42)38-30-18-37-32(27-12-9-13-28(23(27)4)34(43)39(5)6)41(35(30)44)20-24-10-8-11-26(16-24)40-19-22(3)29-17-25(36)14-15-31(29)40/h8-19,21H,7,20H2,1-6H3,(H,38,42)/t21-/m1/s1. The monoisotopic (exact) mass is 593 g/mol. The Morgan fingerprint density at radius 2 is 1.80 bits per heavy atom. The van der Waals surface area contributed by atoms with E-state index in [-0.39, 0.29) is 35.8 Å². The van der Waals surface area contributed by atoms with Crippen molar-refractivity contribution in [2.24, 2.45) is 5.92 Å². The van der Waals surface area contributed by atoms with Crippen molar-refractivity contribution in [1.82, 2.24) is 19.0 Å². The lowest BCUT2D eigenvalue weighted by molar-refractivity contribution is -0.119. The first-order valence-electron chi connectivity index (χ1n) is 14.6. The number of hydrogen-bond donors (Lipinski definition) is 1. The smallest absolute Gasteiger partial charge is 0.277 e. The number of hydrogen-bond acceptors (Lipinski definition) is 4. The number of aromatic nitrogens is 3. The van der Waals surface area contributed by atoms with E-state index in [1.54, 1.807) is 39.2 Å². The molecule has 0 aliphatic carbocycles. The SMILES string of the molecule is CC[C@@H](C)C(=O)Nc1cnc(-c2cccc(C(=O)N(C)C)c2C)n(Cc2cccc(-n3cc(C)c4cc(F)ccc43)c2)c1=O. The van der Waals surface area contributed by atoms with Crippen molar-refractivity contribution >= 4 is 28.4 Å². The first kappa shape index (κ1) is 30.4. The lowest BCUT2D eigenvalue weighted by atomic mass is 10.0. The zero-order valence-corrected chi connectivity index (χ0v) is 25.8. The molecule has 226 valence electrons. The van der Waals surface area contributed by atoms with Crippen molar-refractivity contribution in [3.05, 3.63) is 111 Å². The Morgan fingerprint density at radius 1 is 1.05 bits per heavy atom. The molecule has 0 aliphatic rings. The van der Waals surface area contributed by atoms with Crippen LogP contribution < -0.4 is 10.9 Å². The first-order chi connectivity index (χ1) is 21.0. The summed E-state index contributed by atoms with van der Waals surface area (Å²) in [6.07, 6.45) is 3.98. The molecule has 8 nitrogen and oxygen atoms in total. The number of carbonyl (C=O) groups excluding carboxylic acids is 2. The van der Waals surface area contributed by atoms with E-state index in [0.29, 0.717) is 28.9 Å². The van der Waals surface area contributed by atoms with E-state index in [1.807, 2.05) is 61.9 Å². The molecule has 5 rings (SSSR count). The summed E-state index contributed by atoms with van der Waals surface area (Å²) in [6, 6.07) is 17.8. The highest BCUT2D eigenvalue weighted by atomic mass is 19.1. The van der Waals surface area contributed by atoms with Gasteiger partial charge < -0.3 is 14.8 Å². The fraction of sp³-hybridized carbons (Fsp3) is 0.257. The highest BCUT2D eigenvalue weighted by molar-refractivity contribution is 5.97. The molecule has 44 heavy (non-hydrogen) atoms. The Hall–Kier alpha value is -5.05. The molecule has 3 aromatic carbocycles. The highest BCUT2D eigenvalue weighted by Gasteiger charge is 2.21. The minimum absolute atomic E-state index is 0.0856. The number of aryl methyl sites for hydroxylation is 1. The molecule has 0 fully saturated rings. The number of carbonyl (C=O) groups is 2. The fourth-order valence-electron chi connectivity index (χ4n) is 5.30. The summed E-state index contributed by atoms with van der Waals surface area (Å²) in [5.41, 5.74) is 5.01. The fourth-order valence-corrected chi connectivity index (χ4v) is 5.30. The molecule has 0 bridgehead atoms. The Morgan fingerprint density at radius 3 is 2.52 bits per heavy atom. The van der Waals surface area contributed by atoms with Crippen molar-refractivity contribution in [3.63, 3.8) is 0 Å². The van der Waals surface area contributed by atoms with Crippen LogP contribution in [0.5, 0.6) is 0 Å².